The fraction of sp³-hybridized carbons (Fsp3) is 0.412. The second kappa shape index (κ2) is 7.38. The molecule has 0 saturated carbocycles. The van der Waals surface area contributed by atoms with Crippen molar-refractivity contribution in [1.29, 1.82) is 0 Å². The lowest BCUT2D eigenvalue weighted by Crippen LogP contribution is -3.13. The Bertz CT molecular complexity index is 768. The topological polar surface area (TPSA) is 47.4 Å². The number of hydrogen-bond acceptors (Lipinski definition) is 3. The van der Waals surface area contributed by atoms with Crippen LogP contribution in [0.4, 0.5) is 4.39 Å². The highest BCUT2D eigenvalue weighted by Crippen LogP contribution is 2.19. The van der Waals surface area contributed by atoms with Gasteiger partial charge in [0.1, 0.15) is 18.5 Å². The van der Waals surface area contributed by atoms with Crippen molar-refractivity contribution in [3.63, 3.8) is 0 Å². The lowest BCUT2D eigenvalue weighted by molar-refractivity contribution is -0.931. The molecule has 2 N–H and O–H groups in total. The maximum atomic E-state index is 13.2. The first-order valence-corrected chi connectivity index (χ1v) is 8.55. The van der Waals surface area contributed by atoms with Gasteiger partial charge in [-0.05, 0) is 49.3 Å². The van der Waals surface area contributed by atoms with Crippen LogP contribution in [0.1, 0.15) is 12.8 Å². The van der Waals surface area contributed by atoms with Crippen molar-refractivity contribution in [3.8, 4) is 11.4 Å². The predicted molar refractivity (Wildman–Crippen MR) is 92.6 cm³/mol. The molecular formula is C17H22FN4OS+. The number of nitrogens with zero attached hydrogens (tertiary/aromatic N) is 3. The standard InChI is InChI=1S/C17H21FN4OS/c1-2-9-21-16(13-5-7-14(18)8-6-13)19-22(17(21)24)12-20-10-3-4-15(23)11-20/h2,5-8,15,23H,1,3-4,9-12H2/p+1/t15-/m0/s1. The average Bonchev–Trinajstić information content (AvgIpc) is 2.86. The monoisotopic (exact) mass is 349 g/mol. The number of likely N-dealkylation sites (tertiary alicyclic amines) is 1. The molecule has 1 saturated heterocycles. The molecule has 24 heavy (non-hydrogen) atoms. The van der Waals surface area contributed by atoms with Gasteiger partial charge in [-0.25, -0.2) is 4.39 Å². The fourth-order valence-corrected chi connectivity index (χ4v) is 3.40. The molecule has 1 aromatic carbocycles. The van der Waals surface area contributed by atoms with Crippen LogP contribution in [0, 0.1) is 10.6 Å². The van der Waals surface area contributed by atoms with E-state index >= 15 is 0 Å². The molecule has 1 fully saturated rings. The molecule has 1 aliphatic rings. The number of aliphatic hydroxyl groups is 1. The molecule has 0 radical (unpaired) electrons. The number of piperidine rings is 1. The molecule has 128 valence electrons. The molecule has 5 nitrogen and oxygen atoms in total. The second-order valence-electron chi connectivity index (χ2n) is 6.17. The molecule has 2 heterocycles. The summed E-state index contributed by atoms with van der Waals surface area (Å²) in [5.41, 5.74) is 0.816. The van der Waals surface area contributed by atoms with Crippen LogP contribution >= 0.6 is 12.2 Å². The van der Waals surface area contributed by atoms with E-state index in [0.29, 0.717) is 30.4 Å². The van der Waals surface area contributed by atoms with Crippen molar-refractivity contribution in [2.75, 3.05) is 13.1 Å². The van der Waals surface area contributed by atoms with Gasteiger partial charge < -0.3 is 10.0 Å². The minimum atomic E-state index is -0.279. The van der Waals surface area contributed by atoms with Crippen LogP contribution in [0.5, 0.6) is 0 Å². The Labute approximate surface area is 145 Å². The number of benzene rings is 1. The first-order valence-electron chi connectivity index (χ1n) is 8.14. The van der Waals surface area contributed by atoms with Gasteiger partial charge in [0.25, 0.3) is 0 Å². The van der Waals surface area contributed by atoms with Gasteiger partial charge in [0.2, 0.25) is 4.77 Å². The van der Waals surface area contributed by atoms with Gasteiger partial charge in [0.15, 0.2) is 12.5 Å². The zero-order chi connectivity index (χ0) is 17.1. The van der Waals surface area contributed by atoms with Crippen LogP contribution in [-0.4, -0.2) is 38.6 Å². The summed E-state index contributed by atoms with van der Waals surface area (Å²) in [7, 11) is 0. The smallest absolute Gasteiger partial charge is 0.203 e. The van der Waals surface area contributed by atoms with Crippen molar-refractivity contribution in [2.24, 2.45) is 0 Å². The summed E-state index contributed by atoms with van der Waals surface area (Å²) < 4.78 is 17.5. The number of halogens is 1. The Morgan fingerprint density at radius 2 is 2.17 bits per heavy atom. The lowest BCUT2D eigenvalue weighted by Gasteiger charge is -2.26. The molecule has 1 unspecified atom stereocenters. The van der Waals surface area contributed by atoms with Crippen molar-refractivity contribution in [2.45, 2.75) is 32.2 Å². The molecule has 1 aliphatic heterocycles. The van der Waals surface area contributed by atoms with Gasteiger partial charge in [0.05, 0.1) is 6.54 Å². The summed E-state index contributed by atoms with van der Waals surface area (Å²) in [4.78, 5) is 1.26. The number of quaternary nitrogens is 1. The third kappa shape index (κ3) is 3.63. The second-order valence-corrected chi connectivity index (χ2v) is 6.54. The SMILES string of the molecule is C=CCn1c(-c2ccc(F)cc2)nn(C[NH+]2CCC[C@H](O)C2)c1=S. The van der Waals surface area contributed by atoms with E-state index in [4.69, 9.17) is 12.2 Å². The number of hydrogen-bond donors (Lipinski definition) is 2. The molecule has 0 bridgehead atoms. The van der Waals surface area contributed by atoms with E-state index < -0.39 is 0 Å². The van der Waals surface area contributed by atoms with Crippen LogP contribution < -0.4 is 4.90 Å². The number of rotatable bonds is 5. The van der Waals surface area contributed by atoms with Crippen LogP contribution in [0.15, 0.2) is 36.9 Å². The Balaban J connectivity index is 1.93. The van der Waals surface area contributed by atoms with Gasteiger partial charge in [-0.1, -0.05) is 6.08 Å². The van der Waals surface area contributed by atoms with Crippen LogP contribution in [0.3, 0.4) is 0 Å². The number of aromatic nitrogens is 3. The van der Waals surface area contributed by atoms with Gasteiger partial charge in [-0.3, -0.25) is 4.57 Å². The zero-order valence-corrected chi connectivity index (χ0v) is 14.3. The first-order chi connectivity index (χ1) is 11.6. The molecule has 0 aliphatic carbocycles. The predicted octanol–water partition coefficient (Wildman–Crippen LogP) is 1.40. The Hall–Kier alpha value is -1.83. The average molecular weight is 349 g/mol. The van der Waals surface area contributed by atoms with Crippen molar-refractivity contribution in [1.82, 2.24) is 14.3 Å². The lowest BCUT2D eigenvalue weighted by atomic mass is 10.1. The van der Waals surface area contributed by atoms with E-state index in [1.54, 1.807) is 22.9 Å². The van der Waals surface area contributed by atoms with E-state index in [9.17, 15) is 9.50 Å². The fourth-order valence-electron chi connectivity index (χ4n) is 3.13. The molecule has 2 aromatic rings. The third-order valence-electron chi connectivity index (χ3n) is 4.30. The zero-order valence-electron chi connectivity index (χ0n) is 13.5. The van der Waals surface area contributed by atoms with Gasteiger partial charge in [0, 0.05) is 12.1 Å². The van der Waals surface area contributed by atoms with E-state index in [0.717, 1.165) is 24.9 Å². The van der Waals surface area contributed by atoms with Crippen LogP contribution in [0.25, 0.3) is 11.4 Å². The molecule has 0 amide bonds. The van der Waals surface area contributed by atoms with E-state index in [1.807, 2.05) is 4.57 Å². The summed E-state index contributed by atoms with van der Waals surface area (Å²) in [6.07, 6.45) is 3.38. The molecule has 2 atom stereocenters. The molecule has 1 aromatic heterocycles. The third-order valence-corrected chi connectivity index (χ3v) is 4.73. The highest BCUT2D eigenvalue weighted by atomic mass is 32.1. The summed E-state index contributed by atoms with van der Waals surface area (Å²) in [6, 6.07) is 6.24. The first kappa shape index (κ1) is 17.0. The minimum absolute atomic E-state index is 0.255. The Morgan fingerprint density at radius 3 is 2.83 bits per heavy atom. The Morgan fingerprint density at radius 1 is 1.42 bits per heavy atom. The summed E-state index contributed by atoms with van der Waals surface area (Å²) in [5, 5.41) is 14.5. The molecular weight excluding hydrogens is 327 g/mol. The van der Waals surface area contributed by atoms with Gasteiger partial charge >= 0.3 is 0 Å². The minimum Gasteiger partial charge on any atom is -0.387 e. The quantitative estimate of drug-likeness (QED) is 0.634. The highest BCUT2D eigenvalue weighted by Gasteiger charge is 2.23. The van der Waals surface area contributed by atoms with E-state index in [1.165, 1.54) is 17.0 Å². The summed E-state index contributed by atoms with van der Waals surface area (Å²) in [5.74, 6) is 0.427. The molecule has 7 heteroatoms. The summed E-state index contributed by atoms with van der Waals surface area (Å²) in [6.45, 7) is 6.65. The van der Waals surface area contributed by atoms with Crippen LogP contribution in [0.2, 0.25) is 0 Å². The molecule has 3 rings (SSSR count). The number of nitrogens with one attached hydrogen (secondary N) is 1. The van der Waals surface area contributed by atoms with E-state index in [2.05, 4.69) is 11.7 Å². The largest absolute Gasteiger partial charge is 0.387 e. The van der Waals surface area contributed by atoms with Crippen LogP contribution in [-0.2, 0) is 13.2 Å². The van der Waals surface area contributed by atoms with Crippen molar-refractivity contribution in [3.05, 3.63) is 47.5 Å². The molecule has 0 spiro atoms. The normalized spacial score (nSPS) is 20.9. The maximum Gasteiger partial charge on any atom is 0.203 e. The van der Waals surface area contributed by atoms with E-state index in [-0.39, 0.29) is 11.9 Å². The van der Waals surface area contributed by atoms with Gasteiger partial charge in [-0.15, -0.1) is 11.7 Å². The Kier molecular flexibility index (Phi) is 5.23. The summed E-state index contributed by atoms with van der Waals surface area (Å²) >= 11 is 5.57. The number of aliphatic hydroxyl groups excluding tert-OH is 1. The number of allylic oxidation sites excluding steroid dienone is 1. The van der Waals surface area contributed by atoms with Crippen molar-refractivity contribution >= 4 is 12.2 Å². The van der Waals surface area contributed by atoms with Gasteiger partial charge in [-0.2, -0.15) is 4.68 Å². The van der Waals surface area contributed by atoms with Crippen molar-refractivity contribution < 1.29 is 14.4 Å². The maximum absolute atomic E-state index is 13.2. The highest BCUT2D eigenvalue weighted by molar-refractivity contribution is 7.71.